The van der Waals surface area contributed by atoms with Crippen LogP contribution in [-0.2, 0) is 9.59 Å². The Kier molecular flexibility index (Phi) is 8.28. The van der Waals surface area contributed by atoms with Crippen LogP contribution in [0.3, 0.4) is 0 Å². The van der Waals surface area contributed by atoms with E-state index in [0.717, 1.165) is 25.7 Å². The fourth-order valence-electron chi connectivity index (χ4n) is 4.22. The second-order valence-corrected chi connectivity index (χ2v) is 8.96. The highest BCUT2D eigenvalue weighted by Gasteiger charge is 2.48. The number of ether oxygens (including phenoxy) is 2. The Hall–Kier alpha value is -4.07. The molecule has 0 aliphatic carbocycles. The minimum absolute atomic E-state index is 0.0236. The molecule has 37 heavy (non-hydrogen) atoms. The molecule has 0 radical (unpaired) electrons. The number of nitrogens with zero attached hydrogens (tertiary/aromatic N) is 2. The van der Waals surface area contributed by atoms with Crippen molar-refractivity contribution in [3.8, 4) is 11.5 Å². The zero-order valence-electron chi connectivity index (χ0n) is 21.4. The molecule has 3 aromatic rings. The van der Waals surface area contributed by atoms with Crippen LogP contribution in [0.25, 0.3) is 5.76 Å². The van der Waals surface area contributed by atoms with Crippen molar-refractivity contribution >= 4 is 23.3 Å². The Labute approximate surface area is 216 Å². The fourth-order valence-corrected chi connectivity index (χ4v) is 4.22. The number of aromatic nitrogens is 1. The van der Waals surface area contributed by atoms with Gasteiger partial charge >= 0.3 is 5.91 Å². The number of rotatable bonds is 11. The molecule has 0 bridgehead atoms. The number of hydrogen-bond donors (Lipinski definition) is 1. The summed E-state index contributed by atoms with van der Waals surface area (Å²) in [7, 11) is 0. The number of aliphatic hydroxyl groups excluding tert-OH is 1. The smallest absolute Gasteiger partial charge is 0.301 e. The summed E-state index contributed by atoms with van der Waals surface area (Å²) < 4.78 is 16.6. The van der Waals surface area contributed by atoms with Crippen molar-refractivity contribution in [2.75, 3.05) is 18.1 Å². The first-order chi connectivity index (χ1) is 17.9. The van der Waals surface area contributed by atoms with Gasteiger partial charge in [0.05, 0.1) is 24.8 Å². The molecule has 1 N–H and O–H groups in total. The monoisotopic (exact) mass is 504 g/mol. The van der Waals surface area contributed by atoms with Gasteiger partial charge < -0.3 is 19.1 Å². The molecular weight excluding hydrogens is 472 g/mol. The Bertz CT molecular complexity index is 1260. The van der Waals surface area contributed by atoms with Gasteiger partial charge in [0.1, 0.15) is 23.0 Å². The van der Waals surface area contributed by atoms with E-state index in [9.17, 15) is 14.7 Å². The van der Waals surface area contributed by atoms with E-state index in [1.165, 1.54) is 4.90 Å². The summed E-state index contributed by atoms with van der Waals surface area (Å²) in [5.41, 5.74) is 1.01. The third-order valence-corrected chi connectivity index (χ3v) is 6.12. The van der Waals surface area contributed by atoms with Crippen LogP contribution in [0, 0.1) is 6.92 Å². The summed E-state index contributed by atoms with van der Waals surface area (Å²) in [5, 5.41) is 15.2. The Balaban J connectivity index is 1.72. The number of aliphatic hydroxyl groups is 1. The molecule has 1 atom stereocenters. The maximum Gasteiger partial charge on any atom is 0.301 e. The van der Waals surface area contributed by atoms with E-state index in [4.69, 9.17) is 14.0 Å². The highest BCUT2D eigenvalue weighted by atomic mass is 16.5. The highest BCUT2D eigenvalue weighted by molar-refractivity contribution is 6.51. The number of aryl methyl sites for hydroxylation is 1. The average Bonchev–Trinajstić information content (AvgIpc) is 3.45. The van der Waals surface area contributed by atoms with Gasteiger partial charge in [0.25, 0.3) is 5.78 Å². The van der Waals surface area contributed by atoms with Gasteiger partial charge in [-0.1, -0.05) is 44.0 Å². The minimum atomic E-state index is -0.894. The SMILES string of the molecule is CCCCCOc1ccc([C@H]2C(=C(O)c3ccc(OCCC)cc3)C(=O)C(=O)N2c2cc(C)on2)cc1. The van der Waals surface area contributed by atoms with E-state index in [1.54, 1.807) is 61.5 Å². The van der Waals surface area contributed by atoms with Gasteiger partial charge in [-0.05, 0) is 61.7 Å². The summed E-state index contributed by atoms with van der Waals surface area (Å²) in [6.45, 7) is 7.04. The maximum atomic E-state index is 13.3. The van der Waals surface area contributed by atoms with Crippen molar-refractivity contribution in [1.82, 2.24) is 5.16 Å². The third-order valence-electron chi connectivity index (χ3n) is 6.12. The van der Waals surface area contributed by atoms with E-state index in [2.05, 4.69) is 12.1 Å². The van der Waals surface area contributed by atoms with Crippen LogP contribution in [0.1, 0.15) is 62.5 Å². The number of unbranched alkanes of at least 4 members (excludes halogenated alkanes) is 2. The number of benzene rings is 2. The van der Waals surface area contributed by atoms with E-state index in [1.807, 2.05) is 6.92 Å². The maximum absolute atomic E-state index is 13.3. The molecule has 1 saturated heterocycles. The minimum Gasteiger partial charge on any atom is -0.507 e. The number of amides is 1. The zero-order chi connectivity index (χ0) is 26.4. The summed E-state index contributed by atoms with van der Waals surface area (Å²) >= 11 is 0. The average molecular weight is 505 g/mol. The van der Waals surface area contributed by atoms with Crippen LogP contribution in [0.2, 0.25) is 0 Å². The van der Waals surface area contributed by atoms with Crippen LogP contribution in [-0.4, -0.2) is 35.2 Å². The summed E-state index contributed by atoms with van der Waals surface area (Å²) in [5.74, 6) is 0.186. The van der Waals surface area contributed by atoms with Crippen molar-refractivity contribution in [3.63, 3.8) is 0 Å². The first-order valence-corrected chi connectivity index (χ1v) is 12.6. The molecule has 1 fully saturated rings. The molecule has 1 aliphatic heterocycles. The lowest BCUT2D eigenvalue weighted by Crippen LogP contribution is -2.29. The molecule has 1 aliphatic rings. The van der Waals surface area contributed by atoms with E-state index in [-0.39, 0.29) is 17.2 Å². The lowest BCUT2D eigenvalue weighted by molar-refractivity contribution is -0.132. The summed E-state index contributed by atoms with van der Waals surface area (Å²) in [6.07, 6.45) is 4.04. The lowest BCUT2D eigenvalue weighted by Gasteiger charge is -2.23. The van der Waals surface area contributed by atoms with Crippen LogP contribution in [0.4, 0.5) is 5.82 Å². The van der Waals surface area contributed by atoms with Crippen LogP contribution in [0.5, 0.6) is 11.5 Å². The summed E-state index contributed by atoms with van der Waals surface area (Å²) in [4.78, 5) is 27.7. The molecule has 4 rings (SSSR count). The van der Waals surface area contributed by atoms with Crippen molar-refractivity contribution in [2.45, 2.75) is 52.5 Å². The largest absolute Gasteiger partial charge is 0.507 e. The highest BCUT2D eigenvalue weighted by Crippen LogP contribution is 2.42. The molecule has 2 heterocycles. The fraction of sp³-hybridized carbons (Fsp3) is 0.345. The normalized spacial score (nSPS) is 16.8. The first-order valence-electron chi connectivity index (χ1n) is 12.6. The number of carbonyl (C=O) groups is 2. The number of carbonyl (C=O) groups excluding carboxylic acids is 2. The lowest BCUT2D eigenvalue weighted by atomic mass is 9.95. The second kappa shape index (κ2) is 11.8. The summed E-state index contributed by atoms with van der Waals surface area (Å²) in [6, 6.07) is 14.7. The number of hydrogen-bond acceptors (Lipinski definition) is 7. The van der Waals surface area contributed by atoms with Gasteiger partial charge in [-0.25, -0.2) is 0 Å². The molecule has 0 unspecified atom stereocenters. The third kappa shape index (κ3) is 5.69. The Morgan fingerprint density at radius 1 is 0.946 bits per heavy atom. The zero-order valence-corrected chi connectivity index (χ0v) is 21.4. The van der Waals surface area contributed by atoms with Gasteiger partial charge in [0.2, 0.25) is 0 Å². The quantitative estimate of drug-likeness (QED) is 0.149. The Morgan fingerprint density at radius 2 is 1.59 bits per heavy atom. The molecule has 8 heteroatoms. The first kappa shape index (κ1) is 26.0. The molecule has 1 amide bonds. The van der Waals surface area contributed by atoms with Crippen molar-refractivity contribution < 1.29 is 28.7 Å². The van der Waals surface area contributed by atoms with Crippen molar-refractivity contribution in [1.29, 1.82) is 0 Å². The Morgan fingerprint density at radius 3 is 2.19 bits per heavy atom. The van der Waals surface area contributed by atoms with Crippen LogP contribution < -0.4 is 14.4 Å². The van der Waals surface area contributed by atoms with Gasteiger partial charge in [-0.2, -0.15) is 0 Å². The van der Waals surface area contributed by atoms with Crippen LogP contribution in [0.15, 0.2) is 64.7 Å². The molecular formula is C29H32N2O6. The standard InChI is InChI=1S/C29H32N2O6/c1-4-6-7-17-36-23-12-8-20(9-13-23)26-25(27(32)21-10-14-22(15-11-21)35-16-5-2)28(33)29(34)31(26)24-18-19(3)37-30-24/h8-15,18,26,32H,4-7,16-17H2,1-3H3/t26-/m0/s1. The van der Waals surface area contributed by atoms with Crippen LogP contribution >= 0.6 is 0 Å². The number of ketones is 1. The molecule has 0 saturated carbocycles. The predicted octanol–water partition coefficient (Wildman–Crippen LogP) is 5.97. The van der Waals surface area contributed by atoms with E-state index >= 15 is 0 Å². The van der Waals surface area contributed by atoms with Gasteiger partial charge in [-0.15, -0.1) is 0 Å². The molecule has 8 nitrogen and oxygen atoms in total. The number of anilines is 1. The molecule has 1 aromatic heterocycles. The van der Waals surface area contributed by atoms with E-state index in [0.29, 0.717) is 41.6 Å². The number of Topliss-reactive ketones (excluding diaryl/α,β-unsaturated/α-hetero) is 1. The molecule has 2 aromatic carbocycles. The van der Waals surface area contributed by atoms with Crippen molar-refractivity contribution in [3.05, 3.63) is 77.1 Å². The van der Waals surface area contributed by atoms with Gasteiger partial charge in [0.15, 0.2) is 5.82 Å². The second-order valence-electron chi connectivity index (χ2n) is 8.96. The van der Waals surface area contributed by atoms with Gasteiger partial charge in [-0.3, -0.25) is 14.5 Å². The predicted molar refractivity (Wildman–Crippen MR) is 140 cm³/mol. The van der Waals surface area contributed by atoms with E-state index < -0.39 is 17.7 Å². The van der Waals surface area contributed by atoms with Gasteiger partial charge in [0, 0.05) is 11.6 Å². The molecule has 194 valence electrons. The molecule has 0 spiro atoms. The van der Waals surface area contributed by atoms with Crippen molar-refractivity contribution in [2.24, 2.45) is 0 Å². The topological polar surface area (TPSA) is 102 Å².